The van der Waals surface area contributed by atoms with E-state index >= 15 is 0 Å². The highest BCUT2D eigenvalue weighted by molar-refractivity contribution is 5.39. The van der Waals surface area contributed by atoms with Gasteiger partial charge in [-0.1, -0.05) is 38.3 Å². The molecule has 0 spiro atoms. The van der Waals surface area contributed by atoms with Crippen LogP contribution in [0.4, 0.5) is 0 Å². The molecule has 1 aliphatic carbocycles. The summed E-state index contributed by atoms with van der Waals surface area (Å²) >= 11 is 0. The molecule has 0 amide bonds. The molecule has 2 rings (SSSR count). The lowest BCUT2D eigenvalue weighted by Crippen LogP contribution is -2.05. The highest BCUT2D eigenvalue weighted by Gasteiger charge is 2.18. The minimum Gasteiger partial charge on any atom is -0.491 e. The summed E-state index contributed by atoms with van der Waals surface area (Å²) in [5, 5.41) is 8.85. The lowest BCUT2D eigenvalue weighted by atomic mass is 9.94. The molecule has 1 aromatic carbocycles. The van der Waals surface area contributed by atoms with Gasteiger partial charge in [-0.15, -0.1) is 0 Å². The zero-order chi connectivity index (χ0) is 12.8. The van der Waals surface area contributed by atoms with Crippen molar-refractivity contribution in [2.24, 2.45) is 0 Å². The quantitative estimate of drug-likeness (QED) is 0.832. The molecule has 1 aromatic rings. The molecule has 2 heteroatoms. The molecule has 2 nitrogen and oxygen atoms in total. The Morgan fingerprint density at radius 3 is 2.72 bits per heavy atom. The van der Waals surface area contributed by atoms with E-state index in [2.05, 4.69) is 25.1 Å². The van der Waals surface area contributed by atoms with E-state index in [1.165, 1.54) is 36.8 Å². The number of aryl methyl sites for hydroxylation is 1. The maximum absolute atomic E-state index is 8.85. The van der Waals surface area contributed by atoms with Crippen LogP contribution in [0.3, 0.4) is 0 Å². The average molecular weight is 248 g/mol. The highest BCUT2D eigenvalue weighted by atomic mass is 16.5. The number of aliphatic hydroxyl groups excluding tert-OH is 1. The van der Waals surface area contributed by atoms with Gasteiger partial charge in [0.15, 0.2) is 0 Å². The van der Waals surface area contributed by atoms with Crippen LogP contribution in [0.1, 0.15) is 56.1 Å². The molecule has 1 fully saturated rings. The van der Waals surface area contributed by atoms with Gasteiger partial charge >= 0.3 is 0 Å². The second-order valence-corrected chi connectivity index (χ2v) is 5.17. The van der Waals surface area contributed by atoms with E-state index < -0.39 is 0 Å². The summed E-state index contributed by atoms with van der Waals surface area (Å²) < 4.78 is 5.61. The van der Waals surface area contributed by atoms with Crippen molar-refractivity contribution >= 4 is 0 Å². The van der Waals surface area contributed by atoms with Crippen molar-refractivity contribution in [3.63, 3.8) is 0 Å². The minimum atomic E-state index is 0.0793. The molecular weight excluding hydrogens is 224 g/mol. The van der Waals surface area contributed by atoms with Gasteiger partial charge in [-0.3, -0.25) is 0 Å². The first-order valence-corrected chi connectivity index (χ1v) is 7.21. The third-order valence-corrected chi connectivity index (χ3v) is 3.78. The number of hydrogen-bond acceptors (Lipinski definition) is 2. The Balaban J connectivity index is 2.15. The summed E-state index contributed by atoms with van der Waals surface area (Å²) in [7, 11) is 0. The van der Waals surface area contributed by atoms with E-state index in [4.69, 9.17) is 9.84 Å². The average Bonchev–Trinajstić information content (AvgIpc) is 2.91. The van der Waals surface area contributed by atoms with Crippen molar-refractivity contribution in [3.05, 3.63) is 29.3 Å². The molecule has 0 heterocycles. The molecule has 100 valence electrons. The molecule has 1 saturated carbocycles. The lowest BCUT2D eigenvalue weighted by molar-refractivity contribution is 0.200. The molecule has 0 atom stereocenters. The Bertz CT molecular complexity index is 367. The first-order valence-electron chi connectivity index (χ1n) is 7.21. The minimum absolute atomic E-state index is 0.0793. The largest absolute Gasteiger partial charge is 0.491 e. The van der Waals surface area contributed by atoms with Crippen molar-refractivity contribution in [2.45, 2.75) is 51.4 Å². The molecule has 0 unspecified atom stereocenters. The first-order chi connectivity index (χ1) is 8.85. The summed E-state index contributed by atoms with van der Waals surface area (Å²) in [5.41, 5.74) is 2.78. The summed E-state index contributed by atoms with van der Waals surface area (Å²) in [6.45, 7) is 2.66. The zero-order valence-corrected chi connectivity index (χ0v) is 11.3. The first kappa shape index (κ1) is 13.4. The van der Waals surface area contributed by atoms with Crippen LogP contribution in [0.5, 0.6) is 5.75 Å². The van der Waals surface area contributed by atoms with Gasteiger partial charge in [-0.25, -0.2) is 0 Å². The molecule has 1 N–H and O–H groups in total. The van der Waals surface area contributed by atoms with E-state index in [1.54, 1.807) is 0 Å². The molecule has 0 aromatic heterocycles. The number of benzene rings is 1. The van der Waals surface area contributed by atoms with E-state index in [0.29, 0.717) is 6.61 Å². The number of aliphatic hydroxyl groups is 1. The van der Waals surface area contributed by atoms with Crippen LogP contribution in [0.15, 0.2) is 18.2 Å². The van der Waals surface area contributed by atoms with Crippen LogP contribution in [0, 0.1) is 0 Å². The number of ether oxygens (including phenoxy) is 1. The number of rotatable bonds is 6. The fourth-order valence-electron chi connectivity index (χ4n) is 2.87. The molecule has 0 saturated heterocycles. The van der Waals surface area contributed by atoms with E-state index in [-0.39, 0.29) is 6.61 Å². The van der Waals surface area contributed by atoms with Gasteiger partial charge in [0.2, 0.25) is 0 Å². The van der Waals surface area contributed by atoms with Crippen molar-refractivity contribution in [1.82, 2.24) is 0 Å². The summed E-state index contributed by atoms with van der Waals surface area (Å²) in [6, 6.07) is 6.63. The maximum Gasteiger partial charge on any atom is 0.122 e. The van der Waals surface area contributed by atoms with Gasteiger partial charge in [-0.05, 0) is 42.4 Å². The van der Waals surface area contributed by atoms with Crippen molar-refractivity contribution < 1.29 is 9.84 Å². The Morgan fingerprint density at radius 2 is 2.06 bits per heavy atom. The van der Waals surface area contributed by atoms with Crippen molar-refractivity contribution in [2.75, 3.05) is 13.2 Å². The molecule has 0 aliphatic heterocycles. The predicted molar refractivity (Wildman–Crippen MR) is 74.2 cm³/mol. The molecule has 18 heavy (non-hydrogen) atoms. The van der Waals surface area contributed by atoms with Crippen LogP contribution in [-0.4, -0.2) is 18.3 Å². The van der Waals surface area contributed by atoms with Crippen LogP contribution >= 0.6 is 0 Å². The number of hydrogen-bond donors (Lipinski definition) is 1. The van der Waals surface area contributed by atoms with Crippen LogP contribution < -0.4 is 4.74 Å². The van der Waals surface area contributed by atoms with Gasteiger partial charge < -0.3 is 9.84 Å². The normalized spacial score (nSPS) is 16.1. The summed E-state index contributed by atoms with van der Waals surface area (Å²) in [6.07, 6.45) is 7.60. The van der Waals surface area contributed by atoms with Crippen LogP contribution in [0.25, 0.3) is 0 Å². The Morgan fingerprint density at radius 1 is 1.28 bits per heavy atom. The Hall–Kier alpha value is -1.02. The lowest BCUT2D eigenvalue weighted by Gasteiger charge is -2.15. The van der Waals surface area contributed by atoms with Gasteiger partial charge in [0.05, 0.1) is 6.61 Å². The fraction of sp³-hybridized carbons (Fsp3) is 0.625. The smallest absolute Gasteiger partial charge is 0.122 e. The third-order valence-electron chi connectivity index (χ3n) is 3.78. The molecule has 1 aliphatic rings. The standard InChI is InChI=1S/C16H24O2/c1-2-5-15-12-14(13-6-3-4-7-13)8-9-16(15)18-11-10-17/h8-9,12-13,17H,2-7,10-11H2,1H3. The van der Waals surface area contributed by atoms with Crippen molar-refractivity contribution in [3.8, 4) is 5.75 Å². The zero-order valence-electron chi connectivity index (χ0n) is 11.3. The van der Waals surface area contributed by atoms with Crippen molar-refractivity contribution in [1.29, 1.82) is 0 Å². The fourth-order valence-corrected chi connectivity index (χ4v) is 2.87. The van der Waals surface area contributed by atoms with Gasteiger partial charge in [-0.2, -0.15) is 0 Å². The predicted octanol–water partition coefficient (Wildman–Crippen LogP) is 3.67. The molecule has 0 radical (unpaired) electrons. The van der Waals surface area contributed by atoms with Crippen LogP contribution in [0.2, 0.25) is 0 Å². The third kappa shape index (κ3) is 3.26. The Kier molecular flexibility index (Phi) is 5.06. The van der Waals surface area contributed by atoms with Gasteiger partial charge in [0, 0.05) is 0 Å². The van der Waals surface area contributed by atoms with Gasteiger partial charge in [0.25, 0.3) is 0 Å². The summed E-state index contributed by atoms with van der Waals surface area (Å²) in [5.74, 6) is 1.71. The highest BCUT2D eigenvalue weighted by Crippen LogP contribution is 2.36. The monoisotopic (exact) mass is 248 g/mol. The van der Waals surface area contributed by atoms with E-state index in [9.17, 15) is 0 Å². The van der Waals surface area contributed by atoms with Crippen LogP contribution in [-0.2, 0) is 6.42 Å². The van der Waals surface area contributed by atoms with E-state index in [0.717, 1.165) is 24.5 Å². The molecule has 0 bridgehead atoms. The second-order valence-electron chi connectivity index (χ2n) is 5.17. The van der Waals surface area contributed by atoms with Gasteiger partial charge in [0.1, 0.15) is 12.4 Å². The maximum atomic E-state index is 8.85. The SMILES string of the molecule is CCCc1cc(C2CCCC2)ccc1OCCO. The topological polar surface area (TPSA) is 29.5 Å². The molecular formula is C16H24O2. The summed E-state index contributed by atoms with van der Waals surface area (Å²) in [4.78, 5) is 0. The second kappa shape index (κ2) is 6.79. The Labute approximate surface area is 110 Å². The van der Waals surface area contributed by atoms with E-state index in [1.807, 2.05) is 0 Å².